The molecule has 0 fully saturated rings. The minimum absolute atomic E-state index is 0.121. The Morgan fingerprint density at radius 3 is 2.79 bits per heavy atom. The number of aromatic nitrogens is 1. The molecule has 1 aromatic rings. The summed E-state index contributed by atoms with van der Waals surface area (Å²) in [6, 6.07) is 1.55. The van der Waals surface area contributed by atoms with E-state index < -0.39 is 0 Å². The summed E-state index contributed by atoms with van der Waals surface area (Å²) in [4.78, 5) is 18.8. The second-order valence-corrected chi connectivity index (χ2v) is 3.54. The van der Waals surface area contributed by atoms with E-state index in [1.165, 1.54) is 6.20 Å². The summed E-state index contributed by atoms with van der Waals surface area (Å²) < 4.78 is 0. The number of aliphatic imine (C=N–C) groups is 1. The van der Waals surface area contributed by atoms with Crippen molar-refractivity contribution in [3.8, 4) is 0 Å². The molecule has 0 bridgehead atoms. The SMILES string of the molecule is O=C1CN=C(c2ncc(Cl)cc2Cl)N1. The molecule has 1 aromatic heterocycles. The van der Waals surface area contributed by atoms with Gasteiger partial charge in [-0.15, -0.1) is 0 Å². The number of carbonyl (C=O) groups excluding carboxylic acids is 1. The smallest absolute Gasteiger partial charge is 0.247 e. The predicted molar refractivity (Wildman–Crippen MR) is 53.8 cm³/mol. The Morgan fingerprint density at radius 2 is 2.21 bits per heavy atom. The zero-order valence-corrected chi connectivity index (χ0v) is 8.43. The van der Waals surface area contributed by atoms with E-state index >= 15 is 0 Å². The Kier molecular flexibility index (Phi) is 2.39. The Hall–Kier alpha value is -1.13. The molecule has 2 heterocycles. The fourth-order valence-electron chi connectivity index (χ4n) is 1.08. The van der Waals surface area contributed by atoms with Crippen LogP contribution in [0, 0.1) is 0 Å². The first-order chi connectivity index (χ1) is 6.66. The fraction of sp³-hybridized carbons (Fsp3) is 0.125. The number of nitrogens with zero attached hydrogens (tertiary/aromatic N) is 2. The van der Waals surface area contributed by atoms with Crippen LogP contribution >= 0.6 is 23.2 Å². The topological polar surface area (TPSA) is 54.4 Å². The van der Waals surface area contributed by atoms with Crippen molar-refractivity contribution >= 4 is 34.9 Å². The van der Waals surface area contributed by atoms with Gasteiger partial charge in [0.1, 0.15) is 12.2 Å². The van der Waals surface area contributed by atoms with Crippen molar-refractivity contribution in [1.29, 1.82) is 0 Å². The molecule has 0 atom stereocenters. The van der Waals surface area contributed by atoms with Crippen molar-refractivity contribution in [1.82, 2.24) is 10.3 Å². The van der Waals surface area contributed by atoms with E-state index in [9.17, 15) is 4.79 Å². The van der Waals surface area contributed by atoms with Crippen LogP contribution in [-0.4, -0.2) is 23.3 Å². The van der Waals surface area contributed by atoms with E-state index in [1.807, 2.05) is 0 Å². The number of pyridine rings is 1. The van der Waals surface area contributed by atoms with Crippen LogP contribution in [0.5, 0.6) is 0 Å². The Morgan fingerprint density at radius 1 is 1.43 bits per heavy atom. The molecule has 72 valence electrons. The third kappa shape index (κ3) is 1.71. The van der Waals surface area contributed by atoms with Gasteiger partial charge in [0.15, 0.2) is 5.84 Å². The molecule has 1 amide bonds. The van der Waals surface area contributed by atoms with Crippen LogP contribution in [0.3, 0.4) is 0 Å². The molecule has 0 aliphatic carbocycles. The van der Waals surface area contributed by atoms with Gasteiger partial charge in [-0.25, -0.2) is 4.98 Å². The van der Waals surface area contributed by atoms with E-state index in [0.29, 0.717) is 21.6 Å². The van der Waals surface area contributed by atoms with Crippen molar-refractivity contribution in [3.63, 3.8) is 0 Å². The van der Waals surface area contributed by atoms with Gasteiger partial charge in [0.25, 0.3) is 0 Å². The van der Waals surface area contributed by atoms with Gasteiger partial charge >= 0.3 is 0 Å². The number of halogens is 2. The molecule has 1 N–H and O–H groups in total. The monoisotopic (exact) mass is 229 g/mol. The maximum atomic E-state index is 10.9. The molecule has 6 heteroatoms. The van der Waals surface area contributed by atoms with Crippen molar-refractivity contribution in [2.75, 3.05) is 6.54 Å². The standard InChI is InChI=1S/C8H5Cl2N3O/c9-4-1-5(10)7(11-2-4)8-12-3-6(14)13-8/h1-2H,3H2,(H,12,13,14). The number of hydrogen-bond donors (Lipinski definition) is 1. The Labute approximate surface area is 90.0 Å². The molecule has 4 nitrogen and oxygen atoms in total. The largest absolute Gasteiger partial charge is 0.308 e. The second kappa shape index (κ2) is 3.55. The molecule has 2 rings (SSSR count). The lowest BCUT2D eigenvalue weighted by atomic mass is 10.3. The van der Waals surface area contributed by atoms with Gasteiger partial charge in [0.05, 0.1) is 10.0 Å². The molecular weight excluding hydrogens is 225 g/mol. The maximum Gasteiger partial charge on any atom is 0.247 e. The van der Waals surface area contributed by atoms with Crippen LogP contribution in [0.25, 0.3) is 0 Å². The van der Waals surface area contributed by atoms with Crippen molar-refractivity contribution in [2.24, 2.45) is 4.99 Å². The molecule has 14 heavy (non-hydrogen) atoms. The summed E-state index contributed by atoms with van der Waals surface area (Å²) in [7, 11) is 0. The molecule has 0 radical (unpaired) electrons. The lowest BCUT2D eigenvalue weighted by molar-refractivity contribution is -0.117. The summed E-state index contributed by atoms with van der Waals surface area (Å²) >= 11 is 11.6. The first-order valence-electron chi connectivity index (χ1n) is 3.82. The summed E-state index contributed by atoms with van der Waals surface area (Å²) in [6.45, 7) is 0.121. The van der Waals surface area contributed by atoms with E-state index in [1.54, 1.807) is 6.07 Å². The third-order valence-corrected chi connectivity index (χ3v) is 2.17. The maximum absolute atomic E-state index is 10.9. The van der Waals surface area contributed by atoms with Crippen molar-refractivity contribution < 1.29 is 4.79 Å². The van der Waals surface area contributed by atoms with Gasteiger partial charge in [-0.2, -0.15) is 0 Å². The average Bonchev–Trinajstić information content (AvgIpc) is 2.51. The van der Waals surface area contributed by atoms with E-state index in [0.717, 1.165) is 0 Å². The molecule has 0 saturated carbocycles. The highest BCUT2D eigenvalue weighted by Crippen LogP contribution is 2.19. The highest BCUT2D eigenvalue weighted by Gasteiger charge is 2.18. The lowest BCUT2D eigenvalue weighted by Gasteiger charge is -2.02. The summed E-state index contributed by atoms with van der Waals surface area (Å²) in [5, 5.41) is 3.37. The van der Waals surface area contributed by atoms with Gasteiger partial charge < -0.3 is 5.32 Å². The zero-order chi connectivity index (χ0) is 10.1. The molecular formula is C8H5Cl2N3O. The molecule has 0 unspecified atom stereocenters. The third-order valence-electron chi connectivity index (χ3n) is 1.67. The molecule has 0 spiro atoms. The lowest BCUT2D eigenvalue weighted by Crippen LogP contribution is -2.26. The van der Waals surface area contributed by atoms with Gasteiger partial charge in [0.2, 0.25) is 5.91 Å². The summed E-state index contributed by atoms with van der Waals surface area (Å²) in [5.74, 6) is 0.240. The van der Waals surface area contributed by atoms with Crippen LogP contribution in [-0.2, 0) is 4.79 Å². The number of rotatable bonds is 1. The Balaban J connectivity index is 2.38. The van der Waals surface area contributed by atoms with Crippen LogP contribution < -0.4 is 5.32 Å². The number of hydrogen-bond acceptors (Lipinski definition) is 3. The van der Waals surface area contributed by atoms with E-state index in [2.05, 4.69) is 15.3 Å². The van der Waals surface area contributed by atoms with Crippen LogP contribution in [0.4, 0.5) is 0 Å². The second-order valence-electron chi connectivity index (χ2n) is 2.70. The first-order valence-corrected chi connectivity index (χ1v) is 4.58. The van der Waals surface area contributed by atoms with E-state index in [4.69, 9.17) is 23.2 Å². The van der Waals surface area contributed by atoms with Crippen molar-refractivity contribution in [3.05, 3.63) is 28.0 Å². The predicted octanol–water partition coefficient (Wildman–Crippen LogP) is 1.26. The van der Waals surface area contributed by atoms with Gasteiger partial charge in [-0.1, -0.05) is 23.2 Å². The minimum atomic E-state index is -0.159. The highest BCUT2D eigenvalue weighted by molar-refractivity contribution is 6.37. The average molecular weight is 230 g/mol. The normalized spacial score (nSPS) is 15.3. The fourth-order valence-corrected chi connectivity index (χ4v) is 1.55. The number of amidine groups is 1. The number of carbonyl (C=O) groups is 1. The molecule has 0 saturated heterocycles. The number of nitrogens with one attached hydrogen (secondary N) is 1. The number of amides is 1. The van der Waals surface area contributed by atoms with Gasteiger partial charge in [-0.05, 0) is 6.07 Å². The molecule has 0 aromatic carbocycles. The minimum Gasteiger partial charge on any atom is -0.308 e. The Bertz CT molecular complexity index is 431. The highest BCUT2D eigenvalue weighted by atomic mass is 35.5. The quantitative estimate of drug-likeness (QED) is 0.789. The van der Waals surface area contributed by atoms with Gasteiger partial charge in [-0.3, -0.25) is 9.79 Å². The summed E-state index contributed by atoms with van der Waals surface area (Å²) in [5.41, 5.74) is 0.446. The van der Waals surface area contributed by atoms with Gasteiger partial charge in [0, 0.05) is 6.20 Å². The first kappa shape index (κ1) is 9.43. The van der Waals surface area contributed by atoms with Crippen LogP contribution in [0.2, 0.25) is 10.0 Å². The molecule has 1 aliphatic heterocycles. The van der Waals surface area contributed by atoms with Crippen LogP contribution in [0.1, 0.15) is 5.69 Å². The van der Waals surface area contributed by atoms with E-state index in [-0.39, 0.29) is 12.5 Å². The summed E-state index contributed by atoms with van der Waals surface area (Å²) in [6.07, 6.45) is 1.45. The molecule has 1 aliphatic rings. The van der Waals surface area contributed by atoms with Crippen LogP contribution in [0.15, 0.2) is 17.3 Å². The zero-order valence-electron chi connectivity index (χ0n) is 6.92. The van der Waals surface area contributed by atoms with Crippen molar-refractivity contribution in [2.45, 2.75) is 0 Å².